The Bertz CT molecular complexity index is 2820. The molecule has 0 unspecified atom stereocenters. The molecule has 15 N–H and O–H groups in total. The van der Waals surface area contributed by atoms with Gasteiger partial charge in [-0.1, -0.05) is 38.4 Å². The van der Waals surface area contributed by atoms with Crippen molar-refractivity contribution in [2.45, 2.75) is 203 Å². The van der Waals surface area contributed by atoms with Crippen LogP contribution in [0.2, 0.25) is 0 Å². The summed E-state index contributed by atoms with van der Waals surface area (Å²) in [6.07, 6.45) is 1.99. The second-order valence-electron chi connectivity index (χ2n) is 23.9. The standard InChI is InChI=1S/C61H95N13O18S2/c1-6-7-20-73-30-49(77)65-36(4)54(83)67-42(17-18-50(78)79)56(85)70-45(53(63)82)33-93-31-38-25-39-27-40(26-38)91-22-12-8-9-13-23-92-64-29-48(76)66-41(15-10-11-19-62)55(84)71-46(34-94-32-39)60(89)74-21-14-16-47(74)59(88)69-43(24-35(2)3)57(86)68-44(28-51(80)81)58(87)72-52(37(5)75)61(73)90/h25-27,29,35-37,41-47,52,75H,6-24,28,30-34,62H2,1-5H3,(H2,63,82)(H,65,77)(H,66,76)(H,67,83)(H,68,86)(H,69,88)(H,70,85)(H,71,84)(H,72,87)(H,78,79)(H,80,81)/b64-29+/t36-,37+,41-,42-,43-,44-,45-,46-,47-,52-/m0/s1. The lowest BCUT2D eigenvalue weighted by atomic mass is 10.0. The van der Waals surface area contributed by atoms with Crippen LogP contribution in [0.5, 0.6) is 5.75 Å². The molecule has 1 aromatic rings. The van der Waals surface area contributed by atoms with E-state index in [0.717, 1.165) is 30.9 Å². The van der Waals surface area contributed by atoms with Crippen molar-refractivity contribution in [2.75, 3.05) is 50.9 Å². The third-order valence-electron chi connectivity index (χ3n) is 15.3. The Morgan fingerprint density at radius 1 is 0.691 bits per heavy atom. The van der Waals surface area contributed by atoms with Crippen LogP contribution in [0.4, 0.5) is 0 Å². The number of benzene rings is 1. The van der Waals surface area contributed by atoms with Crippen LogP contribution in [0.15, 0.2) is 23.4 Å². The van der Waals surface area contributed by atoms with Crippen LogP contribution in [0.25, 0.3) is 0 Å². The zero-order valence-electron chi connectivity index (χ0n) is 54.1. The van der Waals surface area contributed by atoms with Gasteiger partial charge in [-0.25, -0.2) is 0 Å². The molecule has 4 bridgehead atoms. The van der Waals surface area contributed by atoms with Crippen molar-refractivity contribution < 1.29 is 87.2 Å². The lowest BCUT2D eigenvalue weighted by Crippen LogP contribution is -2.61. The predicted molar refractivity (Wildman–Crippen MR) is 347 cm³/mol. The maximum absolute atomic E-state index is 15.1. The molecule has 3 heterocycles. The van der Waals surface area contributed by atoms with Gasteiger partial charge in [-0.2, -0.15) is 23.5 Å². The molecule has 33 heteroatoms. The van der Waals surface area contributed by atoms with E-state index in [1.807, 2.05) is 12.1 Å². The van der Waals surface area contributed by atoms with Crippen LogP contribution >= 0.6 is 23.5 Å². The molecule has 1 aromatic carbocycles. The molecule has 31 nitrogen and oxygen atoms in total. The van der Waals surface area contributed by atoms with Crippen molar-refractivity contribution in [3.05, 3.63) is 29.3 Å². The number of carboxylic acids is 2. The molecule has 94 heavy (non-hydrogen) atoms. The van der Waals surface area contributed by atoms with Gasteiger partial charge in [0.1, 0.15) is 72.9 Å². The van der Waals surface area contributed by atoms with E-state index in [4.69, 9.17) is 21.0 Å². The number of aliphatic hydroxyl groups excluding tert-OH is 1. The molecule has 1 saturated heterocycles. The summed E-state index contributed by atoms with van der Waals surface area (Å²) in [5.74, 6) is -12.5. The first kappa shape index (κ1) is 78.7. The highest BCUT2D eigenvalue weighted by atomic mass is 32.2. The number of nitrogens with two attached hydrogens (primary N) is 2. The number of nitrogens with one attached hydrogen (secondary N) is 8. The Morgan fingerprint density at radius 3 is 1.96 bits per heavy atom. The van der Waals surface area contributed by atoms with Crippen LogP contribution < -0.4 is 58.7 Å². The van der Waals surface area contributed by atoms with Crippen molar-refractivity contribution >= 4 is 107 Å². The smallest absolute Gasteiger partial charge is 0.305 e. The average molecular weight is 1360 g/mol. The predicted octanol–water partition coefficient (Wildman–Crippen LogP) is -0.980. The van der Waals surface area contributed by atoms with Gasteiger partial charge in [0.05, 0.1) is 25.7 Å². The summed E-state index contributed by atoms with van der Waals surface area (Å²) < 4.78 is 6.25. The number of unbranched alkanes of at least 4 members (excludes halogenated alkanes) is 2. The lowest BCUT2D eigenvalue weighted by molar-refractivity contribution is -0.144. The Morgan fingerprint density at radius 2 is 1.32 bits per heavy atom. The molecule has 0 aliphatic carbocycles. The first-order valence-corrected chi connectivity index (χ1v) is 34.2. The number of rotatable bonds is 16. The molecule has 0 spiro atoms. The SMILES string of the molecule is CCCCN1CC(=O)N[C@@H](C)C(=O)N[C@@H](CCC(=O)O)C(=O)N[C@H](C(N)=O)CSCc2cc3cc(c2)OCCCCCCO/N=C/C(=O)N[C@@H](CCCCN)C(=O)N[C@@H](CSC3)C(=O)N2CCC[C@H]2C(=O)N[C@@H](CC(C)C)C(=O)N[C@@H](CC(=O)O)C(=O)N[C@@H]([C@@H](C)O)C1=O. The minimum Gasteiger partial charge on any atom is -0.494 e. The third kappa shape index (κ3) is 27.7. The zero-order valence-corrected chi connectivity index (χ0v) is 55.7. The van der Waals surface area contributed by atoms with Crippen molar-refractivity contribution in [1.82, 2.24) is 52.3 Å². The van der Waals surface area contributed by atoms with E-state index in [9.17, 15) is 72.9 Å². The largest absolute Gasteiger partial charge is 0.494 e. The molecule has 3 aliphatic rings. The number of primary amides is 1. The lowest BCUT2D eigenvalue weighted by Gasteiger charge is -2.31. The minimum atomic E-state index is -1.93. The summed E-state index contributed by atoms with van der Waals surface area (Å²) in [5.41, 5.74) is 13.0. The van der Waals surface area contributed by atoms with E-state index in [0.29, 0.717) is 62.0 Å². The van der Waals surface area contributed by atoms with Crippen LogP contribution in [0.3, 0.4) is 0 Å². The number of carboxylic acid groups (broad SMARTS) is 2. The van der Waals surface area contributed by atoms with Gasteiger partial charge in [-0.3, -0.25) is 62.3 Å². The van der Waals surface area contributed by atoms with Gasteiger partial charge in [0.25, 0.3) is 5.91 Å². The fourth-order valence-electron chi connectivity index (χ4n) is 10.3. The van der Waals surface area contributed by atoms with Gasteiger partial charge >= 0.3 is 11.9 Å². The van der Waals surface area contributed by atoms with Crippen molar-refractivity contribution in [1.29, 1.82) is 0 Å². The maximum Gasteiger partial charge on any atom is 0.305 e. The van der Waals surface area contributed by atoms with Gasteiger partial charge in [0.2, 0.25) is 59.1 Å². The normalized spacial score (nSPS) is 25.6. The average Bonchev–Trinajstić information content (AvgIpc) is 1.60. The summed E-state index contributed by atoms with van der Waals surface area (Å²) in [6, 6.07) is -7.87. The fraction of sp³-hybridized carbons (Fsp3) is 0.672. The zero-order chi connectivity index (χ0) is 69.4. The van der Waals surface area contributed by atoms with E-state index < -0.39 is 163 Å². The van der Waals surface area contributed by atoms with Gasteiger partial charge in [0.15, 0.2) is 0 Å². The molecule has 4 rings (SSSR count). The Balaban J connectivity index is 1.85. The number of hydrogen-bond acceptors (Lipinski definition) is 20. The molecule has 0 radical (unpaired) electrons. The van der Waals surface area contributed by atoms with E-state index in [-0.39, 0.29) is 80.9 Å². The van der Waals surface area contributed by atoms with Gasteiger partial charge in [0, 0.05) is 42.5 Å². The molecule has 1 fully saturated rings. The molecule has 524 valence electrons. The number of aliphatic hydroxyl groups is 1. The van der Waals surface area contributed by atoms with E-state index >= 15 is 4.79 Å². The van der Waals surface area contributed by atoms with E-state index in [1.165, 1.54) is 35.3 Å². The summed E-state index contributed by atoms with van der Waals surface area (Å²) >= 11 is 2.45. The molecule has 3 aliphatic heterocycles. The Hall–Kier alpha value is -7.78. The summed E-state index contributed by atoms with van der Waals surface area (Å²) in [5, 5.41) is 54.6. The van der Waals surface area contributed by atoms with Crippen LogP contribution in [-0.2, 0) is 78.7 Å². The molecule has 10 atom stereocenters. The number of amides is 11. The quantitative estimate of drug-likeness (QED) is 0.0885. The first-order chi connectivity index (χ1) is 44.7. The third-order valence-corrected chi connectivity index (χ3v) is 17.6. The van der Waals surface area contributed by atoms with Gasteiger partial charge < -0.3 is 88.7 Å². The van der Waals surface area contributed by atoms with E-state index in [1.54, 1.807) is 26.8 Å². The molecular formula is C61H95N13O18S2. The summed E-state index contributed by atoms with van der Waals surface area (Å²) in [4.78, 5) is 186. The van der Waals surface area contributed by atoms with Crippen LogP contribution in [0.1, 0.15) is 142 Å². The maximum atomic E-state index is 15.1. The number of carbonyl (C=O) groups is 13. The number of thioether (sulfide) groups is 2. The highest BCUT2D eigenvalue weighted by Crippen LogP contribution is 2.27. The molecule has 0 aromatic heterocycles. The first-order valence-electron chi connectivity index (χ1n) is 31.9. The summed E-state index contributed by atoms with van der Waals surface area (Å²) in [6.45, 7) is 7.57. The molecule has 11 amide bonds. The number of carbonyl (C=O) groups excluding carboxylic acids is 11. The van der Waals surface area contributed by atoms with Crippen molar-refractivity contribution in [2.24, 2.45) is 22.5 Å². The monoisotopic (exact) mass is 1360 g/mol. The number of ether oxygens (including phenoxy) is 1. The van der Waals surface area contributed by atoms with Crippen molar-refractivity contribution in [3.63, 3.8) is 0 Å². The second-order valence-corrected chi connectivity index (χ2v) is 25.9. The topological polar surface area (TPSA) is 468 Å². The molecule has 0 saturated carbocycles. The Kier molecular flexibility index (Phi) is 34.4. The fourth-order valence-corrected chi connectivity index (χ4v) is 12.3. The van der Waals surface area contributed by atoms with Gasteiger partial charge in [-0.15, -0.1) is 0 Å². The number of hydrogen-bond donors (Lipinski definition) is 13. The number of nitrogens with zero attached hydrogens (tertiary/aromatic N) is 3. The van der Waals surface area contributed by atoms with Crippen LogP contribution in [-0.4, -0.2) is 220 Å². The number of fused-ring (bicyclic) bond motifs is 6. The number of oxime groups is 1. The molecular weight excluding hydrogens is 1270 g/mol. The highest BCUT2D eigenvalue weighted by molar-refractivity contribution is 7.98. The van der Waals surface area contributed by atoms with E-state index in [2.05, 4.69) is 47.7 Å². The van der Waals surface area contributed by atoms with Crippen molar-refractivity contribution in [3.8, 4) is 5.75 Å². The second kappa shape index (κ2) is 41.1. The number of aliphatic carboxylic acids is 2. The highest BCUT2D eigenvalue weighted by Gasteiger charge is 2.41. The van der Waals surface area contributed by atoms with Gasteiger partial charge in [-0.05, 0) is 127 Å². The minimum absolute atomic E-state index is 0.0361. The van der Waals surface area contributed by atoms with Crippen LogP contribution in [0, 0.1) is 5.92 Å². The Labute approximate surface area is 555 Å². The summed E-state index contributed by atoms with van der Waals surface area (Å²) in [7, 11) is 0.